The van der Waals surface area contributed by atoms with E-state index in [2.05, 4.69) is 10.2 Å². The standard InChI is InChI=1S/C7H11N3O2S/c1-3-5(6(11)12)10(2)7-9-8-4-13-7/h4-5H,3H2,1-2H3,(H,11,12). The molecule has 1 rings (SSSR count). The number of carboxylic acid groups (broad SMARTS) is 1. The Kier molecular flexibility index (Phi) is 3.18. The molecule has 0 saturated heterocycles. The van der Waals surface area contributed by atoms with Crippen molar-refractivity contribution in [1.29, 1.82) is 0 Å². The molecule has 1 unspecified atom stereocenters. The van der Waals surface area contributed by atoms with Crippen molar-refractivity contribution in [3.63, 3.8) is 0 Å². The zero-order chi connectivity index (χ0) is 9.84. The van der Waals surface area contributed by atoms with Gasteiger partial charge in [0.25, 0.3) is 0 Å². The molecule has 0 bridgehead atoms. The Labute approximate surface area is 80.0 Å². The second-order valence-electron chi connectivity index (χ2n) is 2.59. The summed E-state index contributed by atoms with van der Waals surface area (Å²) in [7, 11) is 1.71. The summed E-state index contributed by atoms with van der Waals surface area (Å²) in [5.74, 6) is -0.833. The van der Waals surface area contributed by atoms with Gasteiger partial charge in [-0.3, -0.25) is 0 Å². The molecule has 1 heterocycles. The van der Waals surface area contributed by atoms with Gasteiger partial charge in [-0.15, -0.1) is 10.2 Å². The number of hydrogen-bond donors (Lipinski definition) is 1. The van der Waals surface area contributed by atoms with Crippen LogP contribution in [0.5, 0.6) is 0 Å². The van der Waals surface area contributed by atoms with Crippen LogP contribution < -0.4 is 4.90 Å². The van der Waals surface area contributed by atoms with E-state index in [1.54, 1.807) is 17.5 Å². The topological polar surface area (TPSA) is 66.3 Å². The van der Waals surface area contributed by atoms with Gasteiger partial charge in [0.15, 0.2) is 0 Å². The predicted octanol–water partition coefficient (Wildman–Crippen LogP) is 0.837. The van der Waals surface area contributed by atoms with Crippen molar-refractivity contribution in [2.24, 2.45) is 0 Å². The zero-order valence-corrected chi connectivity index (χ0v) is 8.28. The van der Waals surface area contributed by atoms with Gasteiger partial charge < -0.3 is 10.0 Å². The van der Waals surface area contributed by atoms with Crippen LogP contribution in [0.25, 0.3) is 0 Å². The summed E-state index contributed by atoms with van der Waals surface area (Å²) in [5, 5.41) is 16.9. The Morgan fingerprint density at radius 3 is 2.92 bits per heavy atom. The van der Waals surface area contributed by atoms with Crippen LogP contribution in [0.3, 0.4) is 0 Å². The Morgan fingerprint density at radius 2 is 2.54 bits per heavy atom. The predicted molar refractivity (Wildman–Crippen MR) is 50.0 cm³/mol. The molecule has 13 heavy (non-hydrogen) atoms. The Bertz CT molecular complexity index is 275. The minimum Gasteiger partial charge on any atom is -0.480 e. The van der Waals surface area contributed by atoms with Crippen molar-refractivity contribution in [1.82, 2.24) is 10.2 Å². The highest BCUT2D eigenvalue weighted by Gasteiger charge is 2.22. The Balaban J connectivity index is 2.76. The van der Waals surface area contributed by atoms with Crippen molar-refractivity contribution < 1.29 is 9.90 Å². The van der Waals surface area contributed by atoms with Gasteiger partial charge >= 0.3 is 5.97 Å². The Morgan fingerprint density at radius 1 is 1.85 bits per heavy atom. The SMILES string of the molecule is CCC(C(=O)O)N(C)c1nncs1. The summed E-state index contributed by atoms with van der Waals surface area (Å²) in [6, 6.07) is -0.520. The highest BCUT2D eigenvalue weighted by Crippen LogP contribution is 2.17. The third kappa shape index (κ3) is 2.15. The van der Waals surface area contributed by atoms with Gasteiger partial charge in [-0.1, -0.05) is 18.3 Å². The molecule has 72 valence electrons. The van der Waals surface area contributed by atoms with Crippen LogP contribution in [0.4, 0.5) is 5.13 Å². The third-order valence-corrected chi connectivity index (χ3v) is 2.57. The van der Waals surface area contributed by atoms with Gasteiger partial charge in [-0.05, 0) is 6.42 Å². The second kappa shape index (κ2) is 4.18. The van der Waals surface area contributed by atoms with Gasteiger partial charge in [0.2, 0.25) is 5.13 Å². The lowest BCUT2D eigenvalue weighted by atomic mass is 10.2. The maximum atomic E-state index is 10.8. The van der Waals surface area contributed by atoms with Crippen LogP contribution in [-0.2, 0) is 4.79 Å². The minimum absolute atomic E-state index is 0.520. The van der Waals surface area contributed by atoms with E-state index in [4.69, 9.17) is 5.11 Å². The maximum Gasteiger partial charge on any atom is 0.326 e. The zero-order valence-electron chi connectivity index (χ0n) is 7.47. The van der Waals surface area contributed by atoms with E-state index in [0.29, 0.717) is 11.6 Å². The number of hydrogen-bond acceptors (Lipinski definition) is 5. The van der Waals surface area contributed by atoms with E-state index >= 15 is 0 Å². The van der Waals surface area contributed by atoms with Crippen molar-refractivity contribution >= 4 is 22.4 Å². The van der Waals surface area contributed by atoms with E-state index in [1.807, 2.05) is 6.92 Å². The smallest absolute Gasteiger partial charge is 0.326 e. The molecule has 0 aliphatic rings. The average Bonchev–Trinajstić information content (AvgIpc) is 2.56. The van der Waals surface area contributed by atoms with E-state index in [0.717, 1.165) is 0 Å². The fourth-order valence-corrected chi connectivity index (χ4v) is 1.64. The largest absolute Gasteiger partial charge is 0.480 e. The highest BCUT2D eigenvalue weighted by molar-refractivity contribution is 7.13. The monoisotopic (exact) mass is 201 g/mol. The fourth-order valence-electron chi connectivity index (χ4n) is 1.07. The summed E-state index contributed by atoms with van der Waals surface area (Å²) in [6.07, 6.45) is 0.547. The molecule has 0 aliphatic carbocycles. The first kappa shape index (κ1) is 9.91. The van der Waals surface area contributed by atoms with E-state index in [1.165, 1.54) is 11.3 Å². The molecule has 0 aliphatic heterocycles. The number of aromatic nitrogens is 2. The molecule has 6 heteroatoms. The average molecular weight is 201 g/mol. The van der Waals surface area contributed by atoms with Crippen LogP contribution in [0.2, 0.25) is 0 Å². The van der Waals surface area contributed by atoms with Gasteiger partial charge in [-0.2, -0.15) is 0 Å². The number of likely N-dealkylation sites (N-methyl/N-ethyl adjacent to an activating group) is 1. The van der Waals surface area contributed by atoms with Crippen LogP contribution in [0.1, 0.15) is 13.3 Å². The molecule has 1 aromatic heterocycles. The molecule has 0 aromatic carbocycles. The minimum atomic E-state index is -0.833. The molecule has 1 aromatic rings. The molecule has 0 fully saturated rings. The van der Waals surface area contributed by atoms with Crippen LogP contribution >= 0.6 is 11.3 Å². The normalized spacial score (nSPS) is 12.5. The molecule has 5 nitrogen and oxygen atoms in total. The van der Waals surface area contributed by atoms with Crippen molar-refractivity contribution in [3.8, 4) is 0 Å². The Hall–Kier alpha value is -1.17. The van der Waals surface area contributed by atoms with Crippen molar-refractivity contribution in [2.45, 2.75) is 19.4 Å². The summed E-state index contributed by atoms with van der Waals surface area (Å²) in [6.45, 7) is 1.83. The summed E-state index contributed by atoms with van der Waals surface area (Å²) < 4.78 is 0. The molecule has 0 spiro atoms. The summed E-state index contributed by atoms with van der Waals surface area (Å²) in [5.41, 5.74) is 1.58. The number of carboxylic acids is 1. The van der Waals surface area contributed by atoms with E-state index in [9.17, 15) is 4.79 Å². The molecule has 1 N–H and O–H groups in total. The number of rotatable bonds is 4. The number of nitrogens with zero attached hydrogens (tertiary/aromatic N) is 3. The molecule has 0 radical (unpaired) electrons. The first-order chi connectivity index (χ1) is 6.16. The number of anilines is 1. The first-order valence-corrected chi connectivity index (χ1v) is 4.76. The highest BCUT2D eigenvalue weighted by atomic mass is 32.1. The van der Waals surface area contributed by atoms with Crippen LogP contribution in [0, 0.1) is 0 Å². The fraction of sp³-hybridized carbons (Fsp3) is 0.571. The van der Waals surface area contributed by atoms with E-state index < -0.39 is 12.0 Å². The molecular formula is C7H11N3O2S. The lowest BCUT2D eigenvalue weighted by Gasteiger charge is -2.21. The number of aliphatic carboxylic acids is 1. The second-order valence-corrected chi connectivity index (χ2v) is 3.41. The molecule has 1 atom stereocenters. The first-order valence-electron chi connectivity index (χ1n) is 3.88. The van der Waals surface area contributed by atoms with Crippen LogP contribution in [0.15, 0.2) is 5.51 Å². The quantitative estimate of drug-likeness (QED) is 0.781. The maximum absolute atomic E-state index is 10.8. The molecular weight excluding hydrogens is 190 g/mol. The molecule has 0 amide bonds. The van der Waals surface area contributed by atoms with Crippen LogP contribution in [-0.4, -0.2) is 34.4 Å². The van der Waals surface area contributed by atoms with E-state index in [-0.39, 0.29) is 0 Å². The van der Waals surface area contributed by atoms with Gasteiger partial charge in [0.1, 0.15) is 11.6 Å². The lowest BCUT2D eigenvalue weighted by Crippen LogP contribution is -2.37. The van der Waals surface area contributed by atoms with Gasteiger partial charge in [0, 0.05) is 7.05 Å². The van der Waals surface area contributed by atoms with Crippen molar-refractivity contribution in [2.75, 3.05) is 11.9 Å². The van der Waals surface area contributed by atoms with Crippen molar-refractivity contribution in [3.05, 3.63) is 5.51 Å². The summed E-state index contributed by atoms with van der Waals surface area (Å²) >= 11 is 1.33. The molecule has 0 saturated carbocycles. The van der Waals surface area contributed by atoms with Gasteiger partial charge in [-0.25, -0.2) is 4.79 Å². The number of carbonyl (C=O) groups is 1. The third-order valence-electron chi connectivity index (χ3n) is 1.79. The lowest BCUT2D eigenvalue weighted by molar-refractivity contribution is -0.138. The summed E-state index contributed by atoms with van der Waals surface area (Å²) in [4.78, 5) is 12.4. The van der Waals surface area contributed by atoms with Gasteiger partial charge in [0.05, 0.1) is 0 Å².